The van der Waals surface area contributed by atoms with Gasteiger partial charge in [-0.3, -0.25) is 4.79 Å². The maximum Gasteiger partial charge on any atom is 0.422 e. The van der Waals surface area contributed by atoms with Gasteiger partial charge in [0, 0.05) is 18.1 Å². The topological polar surface area (TPSA) is 71.3 Å². The second-order valence-corrected chi connectivity index (χ2v) is 6.18. The van der Waals surface area contributed by atoms with Crippen molar-refractivity contribution >= 4 is 5.91 Å². The Morgan fingerprint density at radius 3 is 2.50 bits per heavy atom. The third kappa shape index (κ3) is 6.62. The van der Waals surface area contributed by atoms with Crippen LogP contribution in [-0.2, 0) is 11.2 Å². The van der Waals surface area contributed by atoms with Crippen LogP contribution in [0.3, 0.4) is 0 Å². The molecular formula is C20H17F5N2O3. The number of hydrogen-bond donors (Lipinski definition) is 1. The number of nitriles is 1. The highest BCUT2D eigenvalue weighted by molar-refractivity contribution is 5.77. The second kappa shape index (κ2) is 9.91. The molecule has 5 nitrogen and oxygen atoms in total. The van der Waals surface area contributed by atoms with Gasteiger partial charge in [-0.25, -0.2) is 8.78 Å². The third-order valence-electron chi connectivity index (χ3n) is 3.97. The molecule has 1 unspecified atom stereocenters. The molecule has 0 aromatic heterocycles. The lowest BCUT2D eigenvalue weighted by Crippen LogP contribution is -2.28. The molecule has 30 heavy (non-hydrogen) atoms. The Morgan fingerprint density at radius 1 is 1.17 bits per heavy atom. The summed E-state index contributed by atoms with van der Waals surface area (Å²) in [6, 6.07) is 7.30. The lowest BCUT2D eigenvalue weighted by Gasteiger charge is -2.14. The minimum absolute atomic E-state index is 0.0699. The maximum atomic E-state index is 13.8. The number of halogens is 5. The average Bonchev–Trinajstić information content (AvgIpc) is 2.69. The van der Waals surface area contributed by atoms with E-state index in [0.29, 0.717) is 11.6 Å². The molecule has 0 bridgehead atoms. The predicted octanol–water partition coefficient (Wildman–Crippen LogP) is 4.23. The van der Waals surface area contributed by atoms with Crippen LogP contribution in [0.25, 0.3) is 0 Å². The molecule has 0 saturated carbocycles. The minimum Gasteiger partial charge on any atom is -0.493 e. The number of nitrogens with zero attached hydrogens (tertiary/aromatic N) is 1. The van der Waals surface area contributed by atoms with Crippen LogP contribution < -0.4 is 14.8 Å². The van der Waals surface area contributed by atoms with Gasteiger partial charge in [0.2, 0.25) is 5.91 Å². The van der Waals surface area contributed by atoms with E-state index >= 15 is 0 Å². The zero-order chi connectivity index (χ0) is 22.3. The smallest absolute Gasteiger partial charge is 0.422 e. The van der Waals surface area contributed by atoms with Crippen molar-refractivity contribution < 1.29 is 36.2 Å². The first-order valence-electron chi connectivity index (χ1n) is 8.63. The molecule has 160 valence electrons. The van der Waals surface area contributed by atoms with E-state index in [-0.39, 0.29) is 29.9 Å². The maximum absolute atomic E-state index is 13.8. The first-order chi connectivity index (χ1) is 14.1. The summed E-state index contributed by atoms with van der Waals surface area (Å²) >= 11 is 0. The molecule has 0 radical (unpaired) electrons. The lowest BCUT2D eigenvalue weighted by atomic mass is 10.1. The third-order valence-corrected chi connectivity index (χ3v) is 3.97. The molecule has 0 spiro atoms. The molecule has 2 aromatic rings. The Labute approximate surface area is 169 Å². The number of alkyl halides is 3. The second-order valence-electron chi connectivity index (χ2n) is 6.18. The van der Waals surface area contributed by atoms with E-state index in [0.717, 1.165) is 12.1 Å². The van der Waals surface area contributed by atoms with Crippen LogP contribution in [0.4, 0.5) is 22.0 Å². The van der Waals surface area contributed by atoms with Crippen molar-refractivity contribution in [3.05, 3.63) is 59.2 Å². The summed E-state index contributed by atoms with van der Waals surface area (Å²) in [7, 11) is 1.26. The average molecular weight is 428 g/mol. The minimum atomic E-state index is -4.50. The van der Waals surface area contributed by atoms with Crippen LogP contribution in [0.1, 0.15) is 23.6 Å². The Balaban J connectivity index is 1.99. The number of nitrogens with one attached hydrogen (secondary N) is 1. The molecule has 2 aromatic carbocycles. The van der Waals surface area contributed by atoms with Gasteiger partial charge < -0.3 is 14.8 Å². The Bertz CT molecular complexity index is 941. The molecule has 1 atom stereocenters. The number of hydrogen-bond acceptors (Lipinski definition) is 4. The van der Waals surface area contributed by atoms with E-state index in [4.69, 9.17) is 4.74 Å². The number of aryl methyl sites for hydroxylation is 1. The van der Waals surface area contributed by atoms with Gasteiger partial charge in [0.05, 0.1) is 13.2 Å². The molecule has 0 fully saturated rings. The van der Waals surface area contributed by atoms with Crippen molar-refractivity contribution in [1.29, 1.82) is 5.26 Å². The van der Waals surface area contributed by atoms with Crippen LogP contribution in [0.5, 0.6) is 11.5 Å². The van der Waals surface area contributed by atoms with Gasteiger partial charge in [-0.1, -0.05) is 12.1 Å². The van der Waals surface area contributed by atoms with Crippen molar-refractivity contribution in [1.82, 2.24) is 5.32 Å². The van der Waals surface area contributed by atoms with Crippen LogP contribution in [-0.4, -0.2) is 25.8 Å². The SMILES string of the molecule is COc1cc(CCC(=O)NC(C#N)c2ccc(F)cc2F)ccc1OCC(F)(F)F. The number of ether oxygens (including phenoxy) is 2. The quantitative estimate of drug-likeness (QED) is 0.639. The van der Waals surface area contributed by atoms with Gasteiger partial charge in [-0.05, 0) is 30.2 Å². The van der Waals surface area contributed by atoms with E-state index in [2.05, 4.69) is 10.1 Å². The summed E-state index contributed by atoms with van der Waals surface area (Å²) in [6.07, 6.45) is -4.41. The standard InChI is InChI=1S/C20H17F5N2O3/c1-29-18-8-12(2-6-17(18)30-11-20(23,24)25)3-7-19(28)27-16(10-26)14-5-4-13(21)9-15(14)22/h2,4-6,8-9,16H,3,7,11H2,1H3,(H,27,28). The fourth-order valence-electron chi connectivity index (χ4n) is 2.55. The van der Waals surface area contributed by atoms with E-state index in [9.17, 15) is 32.0 Å². The molecule has 0 aliphatic carbocycles. The summed E-state index contributed by atoms with van der Waals surface area (Å²) in [5, 5.41) is 11.5. The normalized spacial score (nSPS) is 12.0. The van der Waals surface area contributed by atoms with Gasteiger partial charge >= 0.3 is 6.18 Å². The number of benzene rings is 2. The van der Waals surface area contributed by atoms with E-state index in [1.54, 1.807) is 6.07 Å². The summed E-state index contributed by atoms with van der Waals surface area (Å²) in [5.41, 5.74) is 0.405. The lowest BCUT2D eigenvalue weighted by molar-refractivity contribution is -0.153. The number of rotatable bonds is 8. The monoisotopic (exact) mass is 428 g/mol. The van der Waals surface area contributed by atoms with Crippen molar-refractivity contribution in [3.63, 3.8) is 0 Å². The van der Waals surface area contributed by atoms with Crippen LogP contribution in [0.2, 0.25) is 0 Å². The Morgan fingerprint density at radius 2 is 1.90 bits per heavy atom. The fraction of sp³-hybridized carbons (Fsp3) is 0.300. The predicted molar refractivity (Wildman–Crippen MR) is 95.7 cm³/mol. The summed E-state index contributed by atoms with van der Waals surface area (Å²) < 4.78 is 73.4. The number of amides is 1. The van der Waals surface area contributed by atoms with E-state index in [1.165, 1.54) is 25.3 Å². The molecule has 0 aliphatic heterocycles. The van der Waals surface area contributed by atoms with E-state index in [1.807, 2.05) is 0 Å². The van der Waals surface area contributed by atoms with Gasteiger partial charge in [0.1, 0.15) is 17.7 Å². The van der Waals surface area contributed by atoms with Crippen molar-refractivity contribution in [2.24, 2.45) is 0 Å². The molecule has 1 N–H and O–H groups in total. The number of carbonyl (C=O) groups is 1. The molecule has 0 aliphatic rings. The molecule has 1 amide bonds. The zero-order valence-corrected chi connectivity index (χ0v) is 15.7. The highest BCUT2D eigenvalue weighted by Gasteiger charge is 2.29. The Kier molecular flexibility index (Phi) is 7.58. The molecule has 0 heterocycles. The largest absolute Gasteiger partial charge is 0.493 e. The van der Waals surface area contributed by atoms with E-state index < -0.39 is 36.4 Å². The molecular weight excluding hydrogens is 411 g/mol. The van der Waals surface area contributed by atoms with Gasteiger partial charge in [-0.15, -0.1) is 0 Å². The summed E-state index contributed by atoms with van der Waals surface area (Å²) in [4.78, 5) is 12.1. The first-order valence-corrected chi connectivity index (χ1v) is 8.63. The van der Waals surface area contributed by atoms with Crippen LogP contribution >= 0.6 is 0 Å². The fourth-order valence-corrected chi connectivity index (χ4v) is 2.55. The molecule has 10 heteroatoms. The van der Waals surface area contributed by atoms with Crippen LogP contribution in [0, 0.1) is 23.0 Å². The summed E-state index contributed by atoms with van der Waals surface area (Å²) in [6.45, 7) is -1.47. The summed E-state index contributed by atoms with van der Waals surface area (Å²) in [5.74, 6) is -2.36. The van der Waals surface area contributed by atoms with Crippen molar-refractivity contribution in [2.45, 2.75) is 25.1 Å². The zero-order valence-electron chi connectivity index (χ0n) is 15.7. The molecule has 2 rings (SSSR count). The van der Waals surface area contributed by atoms with Gasteiger partial charge in [-0.2, -0.15) is 18.4 Å². The first kappa shape index (κ1) is 22.9. The Hall–Kier alpha value is -3.35. The van der Waals surface area contributed by atoms with Crippen molar-refractivity contribution in [2.75, 3.05) is 13.7 Å². The van der Waals surface area contributed by atoms with Gasteiger partial charge in [0.15, 0.2) is 18.1 Å². The molecule has 0 saturated heterocycles. The van der Waals surface area contributed by atoms with Crippen LogP contribution in [0.15, 0.2) is 36.4 Å². The van der Waals surface area contributed by atoms with Crippen molar-refractivity contribution in [3.8, 4) is 17.6 Å². The highest BCUT2D eigenvalue weighted by Crippen LogP contribution is 2.30. The van der Waals surface area contributed by atoms with Gasteiger partial charge in [0.25, 0.3) is 0 Å². The highest BCUT2D eigenvalue weighted by atomic mass is 19.4. The number of methoxy groups -OCH3 is 1. The number of carbonyl (C=O) groups excluding carboxylic acids is 1.